The maximum atomic E-state index is 11.4. The number of aliphatic carboxylic acids is 1. The topological polar surface area (TPSA) is 89.6 Å². The summed E-state index contributed by atoms with van der Waals surface area (Å²) in [7, 11) is 0. The number of hydrogen-bond acceptors (Lipinski definition) is 4. The largest absolute Gasteiger partial charge is 1.00 e. The van der Waals surface area contributed by atoms with Gasteiger partial charge in [-0.2, -0.15) is 0 Å². The van der Waals surface area contributed by atoms with E-state index in [2.05, 4.69) is 6.92 Å². The van der Waals surface area contributed by atoms with Crippen LogP contribution in [0.15, 0.2) is 0 Å². The van der Waals surface area contributed by atoms with E-state index in [1.807, 2.05) is 0 Å². The molecule has 0 bridgehead atoms. The second kappa shape index (κ2) is 25.2. The van der Waals surface area contributed by atoms with E-state index in [4.69, 9.17) is 15.6 Å². The van der Waals surface area contributed by atoms with Gasteiger partial charge >= 0.3 is 115 Å². The van der Waals surface area contributed by atoms with E-state index in [1.54, 1.807) is 0 Å². The van der Waals surface area contributed by atoms with Crippen LogP contribution in [-0.4, -0.2) is 29.7 Å². The molecule has 0 radical (unpaired) electrons. The first kappa shape index (κ1) is 32.8. The Morgan fingerprint density at radius 1 is 0.885 bits per heavy atom. The van der Waals surface area contributed by atoms with Crippen molar-refractivity contribution in [2.24, 2.45) is 5.73 Å². The van der Waals surface area contributed by atoms with Crippen LogP contribution in [0.25, 0.3) is 0 Å². The van der Waals surface area contributed by atoms with Crippen LogP contribution >= 0.6 is 0 Å². The molecule has 0 aliphatic rings. The summed E-state index contributed by atoms with van der Waals surface area (Å²) in [5, 5.41) is 8.62. The van der Waals surface area contributed by atoms with Crippen LogP contribution in [0.4, 0.5) is 0 Å². The van der Waals surface area contributed by atoms with Crippen LogP contribution in [-0.2, 0) is 14.3 Å². The third kappa shape index (κ3) is 24.2. The third-order valence-electron chi connectivity index (χ3n) is 4.24. The van der Waals surface area contributed by atoms with Crippen LogP contribution in [0.1, 0.15) is 99.7 Å². The normalized spacial score (nSPS) is 11.2. The molecule has 7 heteroatoms. The summed E-state index contributed by atoms with van der Waals surface area (Å²) in [6.07, 6.45) is 15.5. The SMILES string of the molecule is CCCCCCCCCCCCCCOC(=O)CC[C@H](N)C(=O)O.[H-].[H-].[K+].[K+]. The average Bonchev–Trinajstić information content (AvgIpc) is 2.56. The predicted molar refractivity (Wildman–Crippen MR) is 99.1 cm³/mol. The van der Waals surface area contributed by atoms with Crippen molar-refractivity contribution < 1.29 is 125 Å². The monoisotopic (exact) mass is 423 g/mol. The Kier molecular flexibility index (Phi) is 31.8. The van der Waals surface area contributed by atoms with Gasteiger partial charge in [0.25, 0.3) is 0 Å². The number of carboxylic acids is 1. The van der Waals surface area contributed by atoms with Crippen LogP contribution in [0, 0.1) is 0 Å². The number of esters is 1. The number of nitrogens with two attached hydrogens (primary N) is 1. The third-order valence-corrected chi connectivity index (χ3v) is 4.24. The van der Waals surface area contributed by atoms with Crippen LogP contribution < -0.4 is 109 Å². The first-order valence-corrected chi connectivity index (χ1v) is 9.72. The minimum Gasteiger partial charge on any atom is -1.00 e. The smallest absolute Gasteiger partial charge is 1.00 e. The molecule has 0 aromatic heterocycles. The molecular formula is C19H39K2NO4. The number of hydrogen-bond donors (Lipinski definition) is 2. The summed E-state index contributed by atoms with van der Waals surface area (Å²) in [5.41, 5.74) is 5.33. The van der Waals surface area contributed by atoms with E-state index in [9.17, 15) is 9.59 Å². The van der Waals surface area contributed by atoms with E-state index in [0.717, 1.165) is 12.8 Å². The van der Waals surface area contributed by atoms with Gasteiger partial charge in [0.15, 0.2) is 0 Å². The Morgan fingerprint density at radius 3 is 1.73 bits per heavy atom. The maximum absolute atomic E-state index is 11.4. The molecular weight excluding hydrogens is 384 g/mol. The number of carboxylic acid groups (broad SMARTS) is 1. The molecule has 5 nitrogen and oxygen atoms in total. The van der Waals surface area contributed by atoms with Crippen LogP contribution in [0.3, 0.4) is 0 Å². The Balaban J connectivity index is -0.000000441. The van der Waals surface area contributed by atoms with Gasteiger partial charge in [-0.05, 0) is 12.8 Å². The van der Waals surface area contributed by atoms with Gasteiger partial charge in [-0.15, -0.1) is 0 Å². The minimum atomic E-state index is -1.08. The van der Waals surface area contributed by atoms with Crippen molar-refractivity contribution in [3.8, 4) is 0 Å². The molecule has 3 N–H and O–H groups in total. The molecule has 0 saturated carbocycles. The van der Waals surface area contributed by atoms with Gasteiger partial charge in [0, 0.05) is 6.42 Å². The summed E-state index contributed by atoms with van der Waals surface area (Å²) < 4.78 is 5.08. The first-order chi connectivity index (χ1) is 11.6. The number of ether oxygens (including phenoxy) is 1. The number of unbranched alkanes of at least 4 members (excludes halogenated alkanes) is 11. The first-order valence-electron chi connectivity index (χ1n) is 9.72. The van der Waals surface area contributed by atoms with Gasteiger partial charge < -0.3 is 18.4 Å². The summed E-state index contributed by atoms with van der Waals surface area (Å²) >= 11 is 0. The second-order valence-electron chi connectivity index (χ2n) is 6.59. The van der Waals surface area contributed by atoms with Gasteiger partial charge in [-0.25, -0.2) is 0 Å². The molecule has 0 aromatic rings. The summed E-state index contributed by atoms with van der Waals surface area (Å²) in [6, 6.07) is -0.982. The fraction of sp³-hybridized carbons (Fsp3) is 0.895. The molecule has 0 spiro atoms. The molecule has 146 valence electrons. The number of rotatable bonds is 17. The van der Waals surface area contributed by atoms with Gasteiger partial charge in [-0.1, -0.05) is 77.6 Å². The van der Waals surface area contributed by atoms with E-state index < -0.39 is 12.0 Å². The summed E-state index contributed by atoms with van der Waals surface area (Å²) in [5.74, 6) is -1.43. The molecule has 0 unspecified atom stereocenters. The van der Waals surface area contributed by atoms with E-state index in [-0.39, 0.29) is 124 Å². The molecule has 26 heavy (non-hydrogen) atoms. The van der Waals surface area contributed by atoms with Crippen molar-refractivity contribution in [1.82, 2.24) is 0 Å². The molecule has 0 rings (SSSR count). The fourth-order valence-electron chi connectivity index (χ4n) is 2.60. The second-order valence-corrected chi connectivity index (χ2v) is 6.59. The van der Waals surface area contributed by atoms with Crippen molar-refractivity contribution >= 4 is 11.9 Å². The number of carbonyl (C=O) groups excluding carboxylic acids is 1. The van der Waals surface area contributed by atoms with E-state index >= 15 is 0 Å². The molecule has 0 heterocycles. The quantitative estimate of drug-likeness (QED) is 0.172. The molecule has 0 saturated heterocycles. The van der Waals surface area contributed by atoms with Gasteiger partial charge in [0.1, 0.15) is 6.04 Å². The van der Waals surface area contributed by atoms with Crippen molar-refractivity contribution in [3.63, 3.8) is 0 Å². The Hall–Kier alpha value is 2.17. The van der Waals surface area contributed by atoms with Crippen molar-refractivity contribution in [1.29, 1.82) is 0 Å². The molecule has 0 aliphatic heterocycles. The molecule has 0 fully saturated rings. The zero-order valence-electron chi connectivity index (χ0n) is 19.4. The minimum absolute atomic E-state index is 0. The van der Waals surface area contributed by atoms with Gasteiger partial charge in [-0.3, -0.25) is 9.59 Å². The molecule has 0 aromatic carbocycles. The molecule has 0 aliphatic carbocycles. The van der Waals surface area contributed by atoms with Crippen molar-refractivity contribution in [2.75, 3.05) is 6.61 Å². The number of carbonyl (C=O) groups is 2. The Labute approximate surface area is 248 Å². The summed E-state index contributed by atoms with van der Waals surface area (Å²) in [4.78, 5) is 21.9. The average molecular weight is 424 g/mol. The molecule has 1 atom stereocenters. The van der Waals surface area contributed by atoms with Crippen molar-refractivity contribution in [2.45, 2.75) is 103 Å². The maximum Gasteiger partial charge on any atom is 1.00 e. The zero-order chi connectivity index (χ0) is 18.0. The van der Waals surface area contributed by atoms with Crippen LogP contribution in [0.2, 0.25) is 0 Å². The Bertz CT molecular complexity index is 341. The predicted octanol–water partition coefficient (Wildman–Crippen LogP) is -1.34. The summed E-state index contributed by atoms with van der Waals surface area (Å²) in [6.45, 7) is 2.68. The molecule has 0 amide bonds. The standard InChI is InChI=1S/C19H37NO4.2K.2H/c1-2-3-4-5-6-7-8-9-10-11-12-13-16-24-18(21)15-14-17(20)19(22)23;;;;/h17H,2-16,20H2,1H3,(H,22,23);;;;/q;2*+1;2*-1/t17-;;;;/m0..../s1. The van der Waals surface area contributed by atoms with E-state index in [0.29, 0.717) is 6.61 Å². The van der Waals surface area contributed by atoms with Gasteiger partial charge in [0.2, 0.25) is 0 Å². The van der Waals surface area contributed by atoms with Crippen LogP contribution in [0.5, 0.6) is 0 Å². The van der Waals surface area contributed by atoms with Gasteiger partial charge in [0.05, 0.1) is 6.61 Å². The van der Waals surface area contributed by atoms with Crippen molar-refractivity contribution in [3.05, 3.63) is 0 Å². The fourth-order valence-corrected chi connectivity index (χ4v) is 2.60. The van der Waals surface area contributed by atoms with E-state index in [1.165, 1.54) is 64.2 Å². The zero-order valence-corrected chi connectivity index (χ0v) is 23.7. The Morgan fingerprint density at radius 2 is 1.31 bits per heavy atom.